The van der Waals surface area contributed by atoms with E-state index in [1.807, 2.05) is 29.0 Å². The Balaban J connectivity index is 1.81. The monoisotopic (exact) mass is 328 g/mol. The van der Waals surface area contributed by atoms with Gasteiger partial charge in [0.05, 0.1) is 0 Å². The third kappa shape index (κ3) is 3.35. The molecule has 2 aromatic heterocycles. The minimum atomic E-state index is -0.282. The molecule has 0 aliphatic heterocycles. The average molecular weight is 328 g/mol. The molecule has 0 fully saturated rings. The Labute approximate surface area is 138 Å². The molecule has 23 heavy (non-hydrogen) atoms. The molecule has 0 saturated heterocycles. The Morgan fingerprint density at radius 2 is 2.04 bits per heavy atom. The second-order valence-corrected chi connectivity index (χ2v) is 6.46. The van der Waals surface area contributed by atoms with Crippen molar-refractivity contribution in [1.82, 2.24) is 9.88 Å². The zero-order valence-electron chi connectivity index (χ0n) is 12.8. The summed E-state index contributed by atoms with van der Waals surface area (Å²) in [4.78, 5) is 13.6. The molecule has 0 atom stereocenters. The number of allylic oxidation sites excluding steroid dienone is 1. The number of hydrogen-bond acceptors (Lipinski definition) is 2. The standard InChI is InChI=1S/C18H17FN2OS/c1-12(2)11-21-16(9-14-7-8-23-18(14)21)17(22)20-10-13-3-5-15(19)6-4-13/h3-9H,1,10-11H2,2H3,(H,20,22). The molecule has 0 aliphatic carbocycles. The third-order valence-electron chi connectivity index (χ3n) is 3.53. The number of carbonyl (C=O) groups is 1. The smallest absolute Gasteiger partial charge is 0.268 e. The number of benzene rings is 1. The lowest BCUT2D eigenvalue weighted by atomic mass is 10.2. The van der Waals surface area contributed by atoms with Crippen molar-refractivity contribution in [1.29, 1.82) is 0 Å². The zero-order valence-corrected chi connectivity index (χ0v) is 13.6. The summed E-state index contributed by atoms with van der Waals surface area (Å²) in [5.41, 5.74) is 2.47. The summed E-state index contributed by atoms with van der Waals surface area (Å²) in [6, 6.07) is 10.0. The highest BCUT2D eigenvalue weighted by atomic mass is 32.1. The minimum absolute atomic E-state index is 0.140. The quantitative estimate of drug-likeness (QED) is 0.694. The van der Waals surface area contributed by atoms with Crippen molar-refractivity contribution in [3.63, 3.8) is 0 Å². The first-order chi connectivity index (χ1) is 11.0. The molecule has 2 heterocycles. The van der Waals surface area contributed by atoms with Crippen LogP contribution in [0, 0.1) is 5.82 Å². The predicted molar refractivity (Wildman–Crippen MR) is 92.2 cm³/mol. The summed E-state index contributed by atoms with van der Waals surface area (Å²) in [6.45, 7) is 6.86. The van der Waals surface area contributed by atoms with Crippen molar-refractivity contribution < 1.29 is 9.18 Å². The van der Waals surface area contributed by atoms with Gasteiger partial charge in [-0.1, -0.05) is 24.3 Å². The van der Waals surface area contributed by atoms with Crippen LogP contribution in [0.2, 0.25) is 0 Å². The molecule has 1 aromatic carbocycles. The fraction of sp³-hybridized carbons (Fsp3) is 0.167. The normalized spacial score (nSPS) is 10.9. The van der Waals surface area contributed by atoms with Crippen LogP contribution in [-0.2, 0) is 13.1 Å². The number of hydrogen-bond donors (Lipinski definition) is 1. The number of fused-ring (bicyclic) bond motifs is 1. The molecule has 3 nitrogen and oxygen atoms in total. The molecule has 1 N–H and O–H groups in total. The average Bonchev–Trinajstić information content (AvgIpc) is 3.09. The van der Waals surface area contributed by atoms with E-state index in [4.69, 9.17) is 0 Å². The number of thiophene rings is 1. The Morgan fingerprint density at radius 3 is 2.74 bits per heavy atom. The van der Waals surface area contributed by atoms with Crippen LogP contribution in [0.25, 0.3) is 10.2 Å². The van der Waals surface area contributed by atoms with Gasteiger partial charge in [0.25, 0.3) is 5.91 Å². The molecule has 5 heteroatoms. The van der Waals surface area contributed by atoms with E-state index in [1.54, 1.807) is 23.5 Å². The fourth-order valence-electron chi connectivity index (χ4n) is 2.47. The molecule has 3 rings (SSSR count). The van der Waals surface area contributed by atoms with Crippen molar-refractivity contribution >= 4 is 27.5 Å². The number of amides is 1. The molecule has 1 amide bonds. The van der Waals surface area contributed by atoms with E-state index in [9.17, 15) is 9.18 Å². The van der Waals surface area contributed by atoms with Crippen LogP contribution in [0.3, 0.4) is 0 Å². The number of aromatic nitrogens is 1. The molecule has 0 bridgehead atoms. The molecule has 0 spiro atoms. The molecule has 0 saturated carbocycles. The first-order valence-corrected chi connectivity index (χ1v) is 8.16. The second kappa shape index (κ2) is 6.38. The van der Waals surface area contributed by atoms with E-state index in [1.165, 1.54) is 12.1 Å². The largest absolute Gasteiger partial charge is 0.347 e. The number of rotatable bonds is 5. The fourth-order valence-corrected chi connectivity index (χ4v) is 3.36. The second-order valence-electron chi connectivity index (χ2n) is 5.56. The van der Waals surface area contributed by atoms with Crippen LogP contribution >= 0.6 is 11.3 Å². The van der Waals surface area contributed by atoms with Crippen LogP contribution in [0.4, 0.5) is 4.39 Å². The van der Waals surface area contributed by atoms with Gasteiger partial charge in [0, 0.05) is 18.5 Å². The Kier molecular flexibility index (Phi) is 4.30. The van der Waals surface area contributed by atoms with E-state index in [0.29, 0.717) is 18.8 Å². The van der Waals surface area contributed by atoms with Crippen molar-refractivity contribution in [2.24, 2.45) is 0 Å². The molecule has 3 aromatic rings. The van der Waals surface area contributed by atoms with Gasteiger partial charge < -0.3 is 9.88 Å². The van der Waals surface area contributed by atoms with Gasteiger partial charge in [-0.05, 0) is 42.1 Å². The number of nitrogens with zero attached hydrogens (tertiary/aromatic N) is 1. The number of carbonyl (C=O) groups excluding carboxylic acids is 1. The maximum Gasteiger partial charge on any atom is 0.268 e. The van der Waals surface area contributed by atoms with Crippen molar-refractivity contribution in [2.45, 2.75) is 20.0 Å². The lowest BCUT2D eigenvalue weighted by Crippen LogP contribution is -2.25. The third-order valence-corrected chi connectivity index (χ3v) is 4.48. The lowest BCUT2D eigenvalue weighted by molar-refractivity contribution is 0.0942. The molecular weight excluding hydrogens is 311 g/mol. The van der Waals surface area contributed by atoms with Gasteiger partial charge in [-0.3, -0.25) is 4.79 Å². The zero-order chi connectivity index (χ0) is 16.4. The molecule has 0 radical (unpaired) electrons. The number of nitrogens with one attached hydrogen (secondary N) is 1. The molecule has 0 unspecified atom stereocenters. The topological polar surface area (TPSA) is 34.0 Å². The number of halogens is 1. The summed E-state index contributed by atoms with van der Waals surface area (Å²) < 4.78 is 14.9. The Hall–Kier alpha value is -2.40. The van der Waals surface area contributed by atoms with Crippen LogP contribution in [-0.4, -0.2) is 10.5 Å². The highest BCUT2D eigenvalue weighted by Gasteiger charge is 2.16. The van der Waals surface area contributed by atoms with Crippen molar-refractivity contribution in [3.05, 3.63) is 71.0 Å². The lowest BCUT2D eigenvalue weighted by Gasteiger charge is -2.10. The van der Waals surface area contributed by atoms with Gasteiger partial charge in [-0.15, -0.1) is 11.3 Å². The first kappa shape index (κ1) is 15.5. The highest BCUT2D eigenvalue weighted by Crippen LogP contribution is 2.26. The maximum absolute atomic E-state index is 12.9. The summed E-state index contributed by atoms with van der Waals surface area (Å²) in [5, 5.41) is 5.96. The van der Waals surface area contributed by atoms with Crippen LogP contribution in [0.5, 0.6) is 0 Å². The van der Waals surface area contributed by atoms with Gasteiger partial charge in [0.1, 0.15) is 16.3 Å². The Bertz CT molecular complexity index is 861. The SMILES string of the molecule is C=C(C)Cn1c(C(=O)NCc2ccc(F)cc2)cc2ccsc21. The highest BCUT2D eigenvalue weighted by molar-refractivity contribution is 7.16. The molecule has 0 aliphatic rings. The van der Waals surface area contributed by atoms with Gasteiger partial charge in [0.15, 0.2) is 0 Å². The van der Waals surface area contributed by atoms with Crippen LogP contribution in [0.1, 0.15) is 23.0 Å². The predicted octanol–water partition coefficient (Wildman–Crippen LogP) is 4.35. The van der Waals surface area contributed by atoms with Crippen LogP contribution < -0.4 is 5.32 Å². The summed E-state index contributed by atoms with van der Waals surface area (Å²) in [7, 11) is 0. The van der Waals surface area contributed by atoms with Crippen molar-refractivity contribution in [2.75, 3.05) is 0 Å². The van der Waals surface area contributed by atoms with Crippen molar-refractivity contribution in [3.8, 4) is 0 Å². The Morgan fingerprint density at radius 1 is 1.30 bits per heavy atom. The van der Waals surface area contributed by atoms with E-state index in [0.717, 1.165) is 21.4 Å². The first-order valence-electron chi connectivity index (χ1n) is 7.28. The molecule has 118 valence electrons. The summed E-state index contributed by atoms with van der Waals surface area (Å²) >= 11 is 1.61. The van der Waals surface area contributed by atoms with Gasteiger partial charge in [-0.2, -0.15) is 0 Å². The van der Waals surface area contributed by atoms with Gasteiger partial charge in [-0.25, -0.2) is 4.39 Å². The van der Waals surface area contributed by atoms with Crippen LogP contribution in [0.15, 0.2) is 53.9 Å². The van der Waals surface area contributed by atoms with Gasteiger partial charge in [0.2, 0.25) is 0 Å². The van der Waals surface area contributed by atoms with E-state index in [-0.39, 0.29) is 11.7 Å². The van der Waals surface area contributed by atoms with Gasteiger partial charge >= 0.3 is 0 Å². The summed E-state index contributed by atoms with van der Waals surface area (Å²) in [5.74, 6) is -0.422. The van der Waals surface area contributed by atoms with E-state index >= 15 is 0 Å². The van der Waals surface area contributed by atoms with E-state index in [2.05, 4.69) is 11.9 Å². The molecular formula is C18H17FN2OS. The van der Waals surface area contributed by atoms with E-state index < -0.39 is 0 Å². The summed E-state index contributed by atoms with van der Waals surface area (Å²) in [6.07, 6.45) is 0. The maximum atomic E-state index is 12.9. The minimum Gasteiger partial charge on any atom is -0.347 e.